The summed E-state index contributed by atoms with van der Waals surface area (Å²) in [6, 6.07) is 7.86. The lowest BCUT2D eigenvalue weighted by Gasteiger charge is -2.35. The summed E-state index contributed by atoms with van der Waals surface area (Å²) >= 11 is 0. The molecule has 1 aromatic rings. The van der Waals surface area contributed by atoms with Crippen molar-refractivity contribution in [3.05, 3.63) is 29.8 Å². The number of para-hydroxylation sites is 1. The number of nitrogens with one attached hydrogen (secondary N) is 1. The van der Waals surface area contributed by atoms with E-state index >= 15 is 0 Å². The highest BCUT2D eigenvalue weighted by molar-refractivity contribution is 5.99. The van der Waals surface area contributed by atoms with Crippen LogP contribution < -0.4 is 5.32 Å². The van der Waals surface area contributed by atoms with E-state index in [4.69, 9.17) is 0 Å². The van der Waals surface area contributed by atoms with E-state index in [0.29, 0.717) is 11.8 Å². The Morgan fingerprint density at radius 1 is 1.25 bits per heavy atom. The number of hydrogen-bond acceptors (Lipinski definition) is 2. The lowest BCUT2D eigenvalue weighted by Crippen LogP contribution is -2.42. The molecule has 1 aliphatic rings. The van der Waals surface area contributed by atoms with Crippen LogP contribution in [-0.4, -0.2) is 30.4 Å². The molecule has 0 radical (unpaired) electrons. The van der Waals surface area contributed by atoms with Crippen LogP contribution in [0.15, 0.2) is 24.3 Å². The van der Waals surface area contributed by atoms with Crippen molar-refractivity contribution in [3.8, 4) is 0 Å². The quantitative estimate of drug-likeness (QED) is 0.909. The van der Waals surface area contributed by atoms with Crippen molar-refractivity contribution in [2.24, 2.45) is 11.8 Å². The minimum absolute atomic E-state index is 0.169. The molecule has 1 N–H and O–H groups in total. The summed E-state index contributed by atoms with van der Waals surface area (Å²) in [5.41, 5.74) is 1.77. The highest BCUT2D eigenvalue weighted by atomic mass is 16.2. The molecule has 1 aromatic carbocycles. The fourth-order valence-corrected chi connectivity index (χ4v) is 3.08. The minimum Gasteiger partial charge on any atom is -0.384 e. The van der Waals surface area contributed by atoms with Crippen molar-refractivity contribution in [1.82, 2.24) is 4.90 Å². The number of benzene rings is 1. The second-order valence-electron chi connectivity index (χ2n) is 6.13. The molecule has 2 unspecified atom stereocenters. The van der Waals surface area contributed by atoms with Gasteiger partial charge in [0.15, 0.2) is 0 Å². The SMILES string of the molecule is CCCNc1ccccc1C(=O)N1CC(C)CC(C)C1. The Hall–Kier alpha value is -1.51. The molecule has 1 aliphatic heterocycles. The summed E-state index contributed by atoms with van der Waals surface area (Å²) < 4.78 is 0. The van der Waals surface area contributed by atoms with Gasteiger partial charge in [0.25, 0.3) is 5.91 Å². The summed E-state index contributed by atoms with van der Waals surface area (Å²) in [6.45, 7) is 9.26. The third-order valence-corrected chi connectivity index (χ3v) is 3.88. The first-order chi connectivity index (χ1) is 9.61. The van der Waals surface area contributed by atoms with Crippen molar-refractivity contribution in [3.63, 3.8) is 0 Å². The summed E-state index contributed by atoms with van der Waals surface area (Å²) in [4.78, 5) is 14.8. The van der Waals surface area contributed by atoms with Crippen molar-refractivity contribution >= 4 is 11.6 Å². The number of rotatable bonds is 4. The topological polar surface area (TPSA) is 32.3 Å². The third-order valence-electron chi connectivity index (χ3n) is 3.88. The second-order valence-corrected chi connectivity index (χ2v) is 6.13. The number of carbonyl (C=O) groups excluding carboxylic acids is 1. The Morgan fingerprint density at radius 3 is 2.55 bits per heavy atom. The Balaban J connectivity index is 2.15. The first-order valence-corrected chi connectivity index (χ1v) is 7.74. The highest BCUT2D eigenvalue weighted by Gasteiger charge is 2.27. The smallest absolute Gasteiger partial charge is 0.255 e. The molecule has 1 fully saturated rings. The van der Waals surface area contributed by atoms with Crippen LogP contribution in [-0.2, 0) is 0 Å². The molecule has 20 heavy (non-hydrogen) atoms. The molecule has 0 saturated carbocycles. The fourth-order valence-electron chi connectivity index (χ4n) is 3.08. The predicted octanol–water partition coefficient (Wildman–Crippen LogP) is 3.63. The summed E-state index contributed by atoms with van der Waals surface area (Å²) in [5.74, 6) is 1.36. The van der Waals surface area contributed by atoms with Crippen LogP contribution in [0.5, 0.6) is 0 Å². The van der Waals surface area contributed by atoms with Crippen LogP contribution in [0.3, 0.4) is 0 Å². The molecule has 0 aromatic heterocycles. The first-order valence-electron chi connectivity index (χ1n) is 7.74. The van der Waals surface area contributed by atoms with Gasteiger partial charge in [0.05, 0.1) is 5.56 Å². The number of nitrogens with zero attached hydrogens (tertiary/aromatic N) is 1. The van der Waals surface area contributed by atoms with Crippen molar-refractivity contribution in [1.29, 1.82) is 0 Å². The van der Waals surface area contributed by atoms with Crippen molar-refractivity contribution in [2.45, 2.75) is 33.6 Å². The zero-order valence-corrected chi connectivity index (χ0v) is 12.9. The molecule has 3 nitrogen and oxygen atoms in total. The summed E-state index contributed by atoms with van der Waals surface area (Å²) in [7, 11) is 0. The molecule has 0 aliphatic carbocycles. The van der Waals surface area contributed by atoms with Crippen LogP contribution in [0, 0.1) is 11.8 Å². The van der Waals surface area contributed by atoms with Gasteiger partial charge < -0.3 is 10.2 Å². The molecule has 0 bridgehead atoms. The Bertz CT molecular complexity index is 448. The van der Waals surface area contributed by atoms with Gasteiger partial charge in [-0.1, -0.05) is 32.9 Å². The second kappa shape index (κ2) is 6.78. The van der Waals surface area contributed by atoms with E-state index in [-0.39, 0.29) is 5.91 Å². The average Bonchev–Trinajstić information content (AvgIpc) is 2.43. The molecule has 1 heterocycles. The first kappa shape index (κ1) is 14.9. The van der Waals surface area contributed by atoms with E-state index in [9.17, 15) is 4.79 Å². The van der Waals surface area contributed by atoms with E-state index < -0.39 is 0 Å². The monoisotopic (exact) mass is 274 g/mol. The lowest BCUT2D eigenvalue weighted by atomic mass is 9.91. The zero-order chi connectivity index (χ0) is 14.5. The Labute approximate surface area is 122 Å². The van der Waals surface area contributed by atoms with Crippen molar-refractivity contribution < 1.29 is 4.79 Å². The van der Waals surface area contributed by atoms with E-state index in [1.165, 1.54) is 6.42 Å². The fraction of sp³-hybridized carbons (Fsp3) is 0.588. The number of carbonyl (C=O) groups is 1. The number of amides is 1. The molecule has 0 spiro atoms. The van der Waals surface area contributed by atoms with Gasteiger partial charge in [0.1, 0.15) is 0 Å². The van der Waals surface area contributed by atoms with Crippen LogP contribution in [0.1, 0.15) is 44.0 Å². The number of anilines is 1. The van der Waals surface area contributed by atoms with Crippen molar-refractivity contribution in [2.75, 3.05) is 25.0 Å². The molecule has 110 valence electrons. The standard InChI is InChI=1S/C17H26N2O/c1-4-9-18-16-8-6-5-7-15(16)17(20)19-11-13(2)10-14(3)12-19/h5-8,13-14,18H,4,9-12H2,1-3H3. The Morgan fingerprint density at radius 2 is 1.90 bits per heavy atom. The third kappa shape index (κ3) is 3.53. The van der Waals surface area contributed by atoms with Gasteiger partial charge in [0, 0.05) is 25.3 Å². The van der Waals surface area contributed by atoms with Crippen LogP contribution >= 0.6 is 0 Å². The van der Waals surface area contributed by atoms with E-state index in [0.717, 1.165) is 37.3 Å². The highest BCUT2D eigenvalue weighted by Crippen LogP contribution is 2.24. The summed E-state index contributed by atoms with van der Waals surface area (Å²) in [5, 5.41) is 3.36. The van der Waals surface area contributed by atoms with Gasteiger partial charge in [-0.25, -0.2) is 0 Å². The normalized spacial score (nSPS) is 22.6. The number of likely N-dealkylation sites (tertiary alicyclic amines) is 1. The average molecular weight is 274 g/mol. The van der Waals surface area contributed by atoms with Gasteiger partial charge >= 0.3 is 0 Å². The van der Waals surface area contributed by atoms with Crippen LogP contribution in [0.4, 0.5) is 5.69 Å². The molecular formula is C17H26N2O. The predicted molar refractivity (Wildman–Crippen MR) is 84.1 cm³/mol. The molecule has 1 saturated heterocycles. The molecular weight excluding hydrogens is 248 g/mol. The van der Waals surface area contributed by atoms with Gasteiger partial charge in [-0.05, 0) is 36.8 Å². The van der Waals surface area contributed by atoms with E-state index in [1.54, 1.807) is 0 Å². The largest absolute Gasteiger partial charge is 0.384 e. The maximum absolute atomic E-state index is 12.8. The Kier molecular flexibility index (Phi) is 5.05. The summed E-state index contributed by atoms with van der Waals surface area (Å²) in [6.07, 6.45) is 2.28. The van der Waals surface area contributed by atoms with E-state index in [1.807, 2.05) is 29.2 Å². The maximum atomic E-state index is 12.8. The van der Waals surface area contributed by atoms with Gasteiger partial charge in [-0.15, -0.1) is 0 Å². The van der Waals surface area contributed by atoms with Crippen LogP contribution in [0.25, 0.3) is 0 Å². The van der Waals surface area contributed by atoms with E-state index in [2.05, 4.69) is 26.1 Å². The lowest BCUT2D eigenvalue weighted by molar-refractivity contribution is 0.0624. The maximum Gasteiger partial charge on any atom is 0.255 e. The molecule has 1 amide bonds. The van der Waals surface area contributed by atoms with Crippen LogP contribution in [0.2, 0.25) is 0 Å². The zero-order valence-electron chi connectivity index (χ0n) is 12.9. The van der Waals surface area contributed by atoms with Gasteiger partial charge in [0.2, 0.25) is 0 Å². The molecule has 2 rings (SSSR count). The number of piperidine rings is 1. The van der Waals surface area contributed by atoms with Gasteiger partial charge in [-0.3, -0.25) is 4.79 Å². The molecule has 3 heteroatoms. The molecule has 2 atom stereocenters. The minimum atomic E-state index is 0.169. The number of hydrogen-bond donors (Lipinski definition) is 1. The van der Waals surface area contributed by atoms with Gasteiger partial charge in [-0.2, -0.15) is 0 Å².